The topological polar surface area (TPSA) is 42.3 Å². The van der Waals surface area contributed by atoms with E-state index in [1.54, 1.807) is 0 Å². The number of aromatic nitrogens is 2. The van der Waals surface area contributed by atoms with Gasteiger partial charge in [-0.25, -0.2) is 0 Å². The van der Waals surface area contributed by atoms with Gasteiger partial charge in [0, 0.05) is 25.8 Å². The molecule has 5 heteroatoms. The Morgan fingerprint density at radius 2 is 2.20 bits per heavy atom. The van der Waals surface area contributed by atoms with Crippen LogP contribution in [0.2, 0.25) is 0 Å². The number of ether oxygens (including phenoxy) is 1. The van der Waals surface area contributed by atoms with Crippen LogP contribution in [-0.4, -0.2) is 54.1 Å². The number of nitrogens with zero attached hydrogens (tertiary/aromatic N) is 3. The fourth-order valence-electron chi connectivity index (χ4n) is 2.98. The Kier molecular flexibility index (Phi) is 6.01. The summed E-state index contributed by atoms with van der Waals surface area (Å²) in [6.07, 6.45) is 4.39. The van der Waals surface area contributed by atoms with Gasteiger partial charge in [0.25, 0.3) is 0 Å². The standard InChI is InChI=1S/C15H28N4O/c1-4-8-18-10-11-20-14(12-18)15(16-3)13-6-7-17-19(13)9-5-2/h6-7,14-16H,4-5,8-12H2,1-3H3. The van der Waals surface area contributed by atoms with Gasteiger partial charge in [-0.15, -0.1) is 0 Å². The fraction of sp³-hybridized carbons (Fsp3) is 0.800. The molecule has 1 aromatic rings. The summed E-state index contributed by atoms with van der Waals surface area (Å²) >= 11 is 0. The van der Waals surface area contributed by atoms with Gasteiger partial charge in [0.15, 0.2) is 0 Å². The number of hydrogen-bond donors (Lipinski definition) is 1. The number of likely N-dealkylation sites (N-methyl/N-ethyl adjacent to an activating group) is 1. The van der Waals surface area contributed by atoms with E-state index < -0.39 is 0 Å². The number of rotatable bonds is 7. The first-order valence-electron chi connectivity index (χ1n) is 7.83. The quantitative estimate of drug-likeness (QED) is 0.825. The summed E-state index contributed by atoms with van der Waals surface area (Å²) in [5, 5.41) is 7.86. The van der Waals surface area contributed by atoms with Crippen LogP contribution < -0.4 is 5.32 Å². The van der Waals surface area contributed by atoms with Crippen molar-refractivity contribution in [2.24, 2.45) is 0 Å². The smallest absolute Gasteiger partial charge is 0.0912 e. The molecule has 0 amide bonds. The normalized spacial score (nSPS) is 22.1. The molecule has 0 aliphatic carbocycles. The Balaban J connectivity index is 2.08. The lowest BCUT2D eigenvalue weighted by Gasteiger charge is -2.37. The molecule has 1 aromatic heterocycles. The molecule has 1 aliphatic heterocycles. The molecule has 1 N–H and O–H groups in total. The van der Waals surface area contributed by atoms with E-state index in [2.05, 4.69) is 39.9 Å². The van der Waals surface area contributed by atoms with Crippen molar-refractivity contribution in [1.29, 1.82) is 0 Å². The molecule has 2 heterocycles. The molecular weight excluding hydrogens is 252 g/mol. The highest BCUT2D eigenvalue weighted by molar-refractivity contribution is 5.10. The molecule has 2 unspecified atom stereocenters. The van der Waals surface area contributed by atoms with E-state index in [1.165, 1.54) is 12.1 Å². The molecule has 1 saturated heterocycles. The van der Waals surface area contributed by atoms with E-state index in [4.69, 9.17) is 4.74 Å². The average molecular weight is 280 g/mol. The van der Waals surface area contributed by atoms with E-state index in [1.807, 2.05) is 13.2 Å². The Morgan fingerprint density at radius 3 is 2.90 bits per heavy atom. The van der Waals surface area contributed by atoms with Crippen molar-refractivity contribution in [3.05, 3.63) is 18.0 Å². The maximum atomic E-state index is 6.02. The largest absolute Gasteiger partial charge is 0.374 e. The summed E-state index contributed by atoms with van der Waals surface area (Å²) < 4.78 is 8.12. The first kappa shape index (κ1) is 15.5. The van der Waals surface area contributed by atoms with Crippen LogP contribution in [0.3, 0.4) is 0 Å². The van der Waals surface area contributed by atoms with Gasteiger partial charge in [0.2, 0.25) is 0 Å². The second kappa shape index (κ2) is 7.76. The summed E-state index contributed by atoms with van der Waals surface area (Å²) in [6, 6.07) is 2.32. The highest BCUT2D eigenvalue weighted by Gasteiger charge is 2.29. The van der Waals surface area contributed by atoms with E-state index in [0.717, 1.165) is 39.2 Å². The van der Waals surface area contributed by atoms with Crippen LogP contribution in [0, 0.1) is 0 Å². The summed E-state index contributed by atoms with van der Waals surface area (Å²) in [6.45, 7) is 9.41. The zero-order valence-electron chi connectivity index (χ0n) is 13.0. The van der Waals surface area contributed by atoms with Crippen molar-refractivity contribution in [2.45, 2.75) is 45.4 Å². The number of nitrogens with one attached hydrogen (secondary N) is 1. The predicted octanol–water partition coefficient (Wildman–Crippen LogP) is 1.66. The molecule has 0 bridgehead atoms. The van der Waals surface area contributed by atoms with Gasteiger partial charge >= 0.3 is 0 Å². The van der Waals surface area contributed by atoms with Gasteiger partial charge in [0.05, 0.1) is 24.4 Å². The summed E-state index contributed by atoms with van der Waals surface area (Å²) in [7, 11) is 2.01. The predicted molar refractivity (Wildman–Crippen MR) is 80.8 cm³/mol. The number of hydrogen-bond acceptors (Lipinski definition) is 4. The Morgan fingerprint density at radius 1 is 1.40 bits per heavy atom. The third-order valence-corrected chi connectivity index (χ3v) is 3.90. The summed E-state index contributed by atoms with van der Waals surface area (Å²) in [5.74, 6) is 0. The Labute approximate surface area is 122 Å². The average Bonchev–Trinajstić information content (AvgIpc) is 2.89. The lowest BCUT2D eigenvalue weighted by Crippen LogP contribution is -2.48. The van der Waals surface area contributed by atoms with Crippen molar-refractivity contribution in [3.63, 3.8) is 0 Å². The van der Waals surface area contributed by atoms with Gasteiger partial charge in [-0.1, -0.05) is 13.8 Å². The second-order valence-corrected chi connectivity index (χ2v) is 5.46. The van der Waals surface area contributed by atoms with E-state index in [0.29, 0.717) is 0 Å². The number of morpholine rings is 1. The maximum Gasteiger partial charge on any atom is 0.0912 e. The lowest BCUT2D eigenvalue weighted by atomic mass is 10.1. The molecule has 2 rings (SSSR count). The first-order valence-corrected chi connectivity index (χ1v) is 7.83. The van der Waals surface area contributed by atoms with Crippen molar-refractivity contribution in [3.8, 4) is 0 Å². The zero-order chi connectivity index (χ0) is 14.4. The van der Waals surface area contributed by atoms with Crippen LogP contribution in [0.25, 0.3) is 0 Å². The van der Waals surface area contributed by atoms with Crippen LogP contribution in [-0.2, 0) is 11.3 Å². The monoisotopic (exact) mass is 280 g/mol. The Bertz CT molecular complexity index is 391. The van der Waals surface area contributed by atoms with Crippen LogP contribution in [0.15, 0.2) is 12.3 Å². The lowest BCUT2D eigenvalue weighted by molar-refractivity contribution is -0.0472. The molecule has 0 aromatic carbocycles. The van der Waals surface area contributed by atoms with Crippen LogP contribution in [0.5, 0.6) is 0 Å². The minimum atomic E-state index is 0.201. The van der Waals surface area contributed by atoms with Crippen molar-refractivity contribution in [2.75, 3.05) is 33.3 Å². The van der Waals surface area contributed by atoms with Gasteiger partial charge in [-0.2, -0.15) is 5.10 Å². The Hall–Kier alpha value is -0.910. The van der Waals surface area contributed by atoms with Crippen molar-refractivity contribution >= 4 is 0 Å². The van der Waals surface area contributed by atoms with Crippen LogP contribution >= 0.6 is 0 Å². The summed E-state index contributed by atoms with van der Waals surface area (Å²) in [5.41, 5.74) is 1.23. The van der Waals surface area contributed by atoms with Crippen molar-refractivity contribution < 1.29 is 4.74 Å². The second-order valence-electron chi connectivity index (χ2n) is 5.46. The van der Waals surface area contributed by atoms with Gasteiger partial charge in [-0.05, 0) is 32.5 Å². The van der Waals surface area contributed by atoms with Gasteiger partial charge < -0.3 is 10.1 Å². The van der Waals surface area contributed by atoms with E-state index in [-0.39, 0.29) is 12.1 Å². The third kappa shape index (κ3) is 3.59. The minimum absolute atomic E-state index is 0.201. The molecule has 114 valence electrons. The van der Waals surface area contributed by atoms with Crippen LogP contribution in [0.1, 0.15) is 38.4 Å². The van der Waals surface area contributed by atoms with Gasteiger partial charge in [0.1, 0.15) is 0 Å². The molecule has 2 atom stereocenters. The third-order valence-electron chi connectivity index (χ3n) is 3.90. The van der Waals surface area contributed by atoms with Gasteiger partial charge in [-0.3, -0.25) is 9.58 Å². The number of aryl methyl sites for hydroxylation is 1. The molecule has 1 aliphatic rings. The highest BCUT2D eigenvalue weighted by Crippen LogP contribution is 2.22. The highest BCUT2D eigenvalue weighted by atomic mass is 16.5. The molecular formula is C15H28N4O. The zero-order valence-corrected chi connectivity index (χ0v) is 13.0. The molecule has 5 nitrogen and oxygen atoms in total. The molecule has 20 heavy (non-hydrogen) atoms. The first-order chi connectivity index (χ1) is 9.80. The van der Waals surface area contributed by atoms with Crippen molar-refractivity contribution in [1.82, 2.24) is 20.0 Å². The molecule has 0 spiro atoms. The van der Waals surface area contributed by atoms with E-state index in [9.17, 15) is 0 Å². The summed E-state index contributed by atoms with van der Waals surface area (Å²) in [4.78, 5) is 2.50. The minimum Gasteiger partial charge on any atom is -0.374 e. The SMILES string of the molecule is CCCN1CCOC(C(NC)c2ccnn2CCC)C1. The molecule has 0 saturated carbocycles. The van der Waals surface area contributed by atoms with E-state index >= 15 is 0 Å². The molecule has 1 fully saturated rings. The molecule has 0 radical (unpaired) electrons. The van der Waals surface area contributed by atoms with Crippen LogP contribution in [0.4, 0.5) is 0 Å². The fourth-order valence-corrected chi connectivity index (χ4v) is 2.98. The maximum absolute atomic E-state index is 6.02.